The van der Waals surface area contributed by atoms with Crippen LogP contribution in [0.5, 0.6) is 0 Å². The van der Waals surface area contributed by atoms with Gasteiger partial charge in [-0.2, -0.15) is 0 Å². The minimum atomic E-state index is 0.906. The fourth-order valence-electron chi connectivity index (χ4n) is 8.50. The number of benzene rings is 7. The summed E-state index contributed by atoms with van der Waals surface area (Å²) in [4.78, 5) is 4.96. The van der Waals surface area contributed by atoms with Crippen LogP contribution in [0.4, 0.5) is 0 Å². The zero-order valence-electron chi connectivity index (χ0n) is 30.7. The van der Waals surface area contributed by atoms with Crippen molar-refractivity contribution in [3.63, 3.8) is 0 Å². The largest absolute Gasteiger partial charge is 0.456 e. The third kappa shape index (κ3) is 5.15. The molecule has 0 saturated carbocycles. The van der Waals surface area contributed by atoms with Crippen molar-refractivity contribution in [3.8, 4) is 55.8 Å². The third-order valence-electron chi connectivity index (χ3n) is 11.1. The predicted molar refractivity (Wildman–Crippen MR) is 225 cm³/mol. The minimum absolute atomic E-state index is 0.906. The summed E-state index contributed by atoms with van der Waals surface area (Å²) < 4.78 is 13.1. The van der Waals surface area contributed by atoms with E-state index in [2.05, 4.69) is 161 Å². The molecule has 0 bridgehead atoms. The molecule has 0 unspecified atom stereocenters. The summed E-state index contributed by atoms with van der Waals surface area (Å²) in [6.45, 7) is 8.71. The zero-order valence-corrected chi connectivity index (χ0v) is 30.7. The van der Waals surface area contributed by atoms with Gasteiger partial charge in [0.1, 0.15) is 22.3 Å². The Kier molecular flexibility index (Phi) is 7.38. The number of nitrogens with zero attached hydrogens (tertiary/aromatic N) is 1. The minimum Gasteiger partial charge on any atom is -0.456 e. The van der Waals surface area contributed by atoms with Gasteiger partial charge in [-0.05, 0) is 120 Å². The summed E-state index contributed by atoms with van der Waals surface area (Å²) in [5, 5.41) is 4.59. The fraction of sp³-hybridized carbons (Fsp3) is 0.0784. The quantitative estimate of drug-likeness (QED) is 0.180. The number of fused-ring (bicyclic) bond motifs is 6. The maximum atomic E-state index is 6.56. The predicted octanol–water partition coefficient (Wildman–Crippen LogP) is 14.4. The Morgan fingerprint density at radius 2 is 0.815 bits per heavy atom. The molecule has 258 valence electrons. The van der Waals surface area contributed by atoms with Crippen LogP contribution in [0.2, 0.25) is 0 Å². The van der Waals surface area contributed by atoms with Gasteiger partial charge in [0.25, 0.3) is 0 Å². The molecule has 0 spiro atoms. The number of aryl methyl sites for hydroxylation is 4. The molecule has 0 amide bonds. The van der Waals surface area contributed by atoms with Crippen LogP contribution in [0.3, 0.4) is 0 Å². The number of hydrogen-bond donors (Lipinski definition) is 0. The highest BCUT2D eigenvalue weighted by atomic mass is 16.3. The molecule has 0 aliphatic heterocycles. The van der Waals surface area contributed by atoms with Crippen LogP contribution in [-0.4, -0.2) is 4.98 Å². The molecular formula is C51H37NO2. The van der Waals surface area contributed by atoms with Crippen molar-refractivity contribution in [1.29, 1.82) is 0 Å². The van der Waals surface area contributed by atoms with Crippen LogP contribution in [0.25, 0.3) is 99.6 Å². The molecule has 0 radical (unpaired) electrons. The zero-order chi connectivity index (χ0) is 36.5. The molecule has 3 heterocycles. The van der Waals surface area contributed by atoms with E-state index in [0.29, 0.717) is 0 Å². The molecule has 0 fully saturated rings. The second-order valence-corrected chi connectivity index (χ2v) is 14.5. The number of pyridine rings is 1. The van der Waals surface area contributed by atoms with Crippen molar-refractivity contribution < 1.29 is 8.83 Å². The first-order chi connectivity index (χ1) is 26.4. The average molecular weight is 696 g/mol. The molecule has 0 aliphatic rings. The molecular weight excluding hydrogens is 659 g/mol. The van der Waals surface area contributed by atoms with E-state index in [0.717, 1.165) is 83.0 Å². The van der Waals surface area contributed by atoms with Gasteiger partial charge < -0.3 is 8.83 Å². The Morgan fingerprint density at radius 3 is 1.30 bits per heavy atom. The Balaban J connectivity index is 0.954. The normalized spacial score (nSPS) is 11.7. The van der Waals surface area contributed by atoms with Gasteiger partial charge in [-0.15, -0.1) is 0 Å². The summed E-state index contributed by atoms with van der Waals surface area (Å²) in [5.74, 6) is 0. The monoisotopic (exact) mass is 695 g/mol. The lowest BCUT2D eigenvalue weighted by atomic mass is 9.92. The highest BCUT2D eigenvalue weighted by Crippen LogP contribution is 2.41. The molecule has 10 rings (SSSR count). The molecule has 0 aliphatic carbocycles. The van der Waals surface area contributed by atoms with Crippen LogP contribution in [0.15, 0.2) is 161 Å². The maximum Gasteiger partial charge on any atom is 0.138 e. The summed E-state index contributed by atoms with van der Waals surface area (Å²) in [6, 6.07) is 51.6. The average Bonchev–Trinajstić information content (AvgIpc) is 3.77. The molecule has 7 aromatic carbocycles. The molecule has 3 heteroatoms. The highest BCUT2D eigenvalue weighted by Gasteiger charge is 2.19. The van der Waals surface area contributed by atoms with Crippen molar-refractivity contribution in [2.45, 2.75) is 27.7 Å². The Labute approximate surface area is 314 Å². The molecule has 54 heavy (non-hydrogen) atoms. The maximum absolute atomic E-state index is 6.56. The molecule has 3 aromatic heterocycles. The van der Waals surface area contributed by atoms with Crippen LogP contribution in [-0.2, 0) is 0 Å². The van der Waals surface area contributed by atoms with Crippen molar-refractivity contribution in [2.75, 3.05) is 0 Å². The lowest BCUT2D eigenvalue weighted by Crippen LogP contribution is -1.92. The first-order valence-electron chi connectivity index (χ1n) is 18.5. The van der Waals surface area contributed by atoms with E-state index in [1.807, 2.05) is 18.3 Å². The standard InChI is InChI=1S/C51H37NO2/c1-30-25-43-41-22-19-38(34-11-7-5-8-12-34)27-46(41)53-50(43)32(3)48(30)37-17-15-36(16-18-37)45-24-21-40(29-52-45)49-31(2)26-44-42-23-20-39(35-13-9-6-10-14-35)28-47(42)54-51(44)33(49)4/h5-29H,1-4H3. The van der Waals surface area contributed by atoms with Gasteiger partial charge in [-0.25, -0.2) is 0 Å². The summed E-state index contributed by atoms with van der Waals surface area (Å²) in [7, 11) is 0. The second-order valence-electron chi connectivity index (χ2n) is 14.5. The highest BCUT2D eigenvalue weighted by molar-refractivity contribution is 6.10. The number of aromatic nitrogens is 1. The lowest BCUT2D eigenvalue weighted by Gasteiger charge is -2.13. The number of rotatable bonds is 5. The van der Waals surface area contributed by atoms with E-state index in [1.54, 1.807) is 0 Å². The fourth-order valence-corrected chi connectivity index (χ4v) is 8.50. The first kappa shape index (κ1) is 32.0. The van der Waals surface area contributed by atoms with Crippen LogP contribution in [0.1, 0.15) is 22.3 Å². The van der Waals surface area contributed by atoms with Gasteiger partial charge in [-0.3, -0.25) is 4.98 Å². The van der Waals surface area contributed by atoms with Gasteiger partial charge in [0, 0.05) is 50.0 Å². The Morgan fingerprint density at radius 1 is 0.370 bits per heavy atom. The van der Waals surface area contributed by atoms with E-state index >= 15 is 0 Å². The van der Waals surface area contributed by atoms with E-state index in [9.17, 15) is 0 Å². The molecule has 0 N–H and O–H groups in total. The van der Waals surface area contributed by atoms with Gasteiger partial charge in [0.2, 0.25) is 0 Å². The third-order valence-corrected chi connectivity index (χ3v) is 11.1. The number of furan rings is 2. The second kappa shape index (κ2) is 12.5. The Bertz CT molecular complexity index is 2830. The molecule has 0 atom stereocenters. The lowest BCUT2D eigenvalue weighted by molar-refractivity contribution is 0.665. The SMILES string of the molecule is Cc1cc2c(oc3cc(-c4ccccc4)ccc32)c(C)c1-c1ccc(-c2ccc(-c3c(C)cc4c(oc5cc(-c6ccccc6)ccc54)c3C)cn2)cc1. The van der Waals surface area contributed by atoms with Gasteiger partial charge in [0.15, 0.2) is 0 Å². The molecule has 0 saturated heterocycles. The van der Waals surface area contributed by atoms with Gasteiger partial charge in [0.05, 0.1) is 5.69 Å². The van der Waals surface area contributed by atoms with E-state index < -0.39 is 0 Å². The van der Waals surface area contributed by atoms with E-state index in [4.69, 9.17) is 13.8 Å². The molecule has 10 aromatic rings. The topological polar surface area (TPSA) is 39.2 Å². The Hall–Kier alpha value is -6.71. The summed E-state index contributed by atoms with van der Waals surface area (Å²) in [5.41, 5.74) is 19.7. The van der Waals surface area contributed by atoms with Crippen LogP contribution >= 0.6 is 0 Å². The van der Waals surface area contributed by atoms with Gasteiger partial charge >= 0.3 is 0 Å². The first-order valence-corrected chi connectivity index (χ1v) is 18.5. The van der Waals surface area contributed by atoms with Crippen molar-refractivity contribution in [1.82, 2.24) is 4.98 Å². The smallest absolute Gasteiger partial charge is 0.138 e. The summed E-state index contributed by atoms with van der Waals surface area (Å²) >= 11 is 0. The van der Waals surface area contributed by atoms with E-state index in [-0.39, 0.29) is 0 Å². The van der Waals surface area contributed by atoms with Crippen molar-refractivity contribution in [2.24, 2.45) is 0 Å². The van der Waals surface area contributed by atoms with E-state index in [1.165, 1.54) is 38.9 Å². The van der Waals surface area contributed by atoms with Gasteiger partial charge in [-0.1, -0.05) is 103 Å². The summed E-state index contributed by atoms with van der Waals surface area (Å²) in [6.07, 6.45) is 1.99. The van der Waals surface area contributed by atoms with Crippen molar-refractivity contribution >= 4 is 43.9 Å². The van der Waals surface area contributed by atoms with Crippen LogP contribution < -0.4 is 0 Å². The number of hydrogen-bond acceptors (Lipinski definition) is 3. The molecule has 3 nitrogen and oxygen atoms in total. The van der Waals surface area contributed by atoms with Crippen molar-refractivity contribution in [3.05, 3.63) is 174 Å². The van der Waals surface area contributed by atoms with Crippen LogP contribution in [0, 0.1) is 27.7 Å².